The van der Waals surface area contributed by atoms with Gasteiger partial charge in [0.15, 0.2) is 0 Å². The van der Waals surface area contributed by atoms with Crippen LogP contribution in [0.4, 0.5) is 5.69 Å². The second kappa shape index (κ2) is 5.61. The van der Waals surface area contributed by atoms with E-state index in [0.29, 0.717) is 0 Å². The highest BCUT2D eigenvalue weighted by atomic mass is 16.5. The summed E-state index contributed by atoms with van der Waals surface area (Å²) in [5.74, 6) is 1.73. The Kier molecular flexibility index (Phi) is 4.43. The van der Waals surface area contributed by atoms with Crippen molar-refractivity contribution < 1.29 is 9.47 Å². The van der Waals surface area contributed by atoms with Gasteiger partial charge in [-0.25, -0.2) is 0 Å². The molecule has 1 aromatic carbocycles. The Balaban J connectivity index is 3.13. The van der Waals surface area contributed by atoms with E-state index in [0.717, 1.165) is 29.4 Å². The van der Waals surface area contributed by atoms with Crippen LogP contribution in [0, 0.1) is 6.92 Å². The van der Waals surface area contributed by atoms with Crippen LogP contribution in [0.15, 0.2) is 12.1 Å². The number of hydrogen-bond acceptors (Lipinski definition) is 4. The van der Waals surface area contributed by atoms with Gasteiger partial charge in [-0.2, -0.15) is 0 Å². The summed E-state index contributed by atoms with van der Waals surface area (Å²) in [5, 5.41) is 3.10. The molecule has 1 aromatic rings. The van der Waals surface area contributed by atoms with Crippen LogP contribution < -0.4 is 19.7 Å². The van der Waals surface area contributed by atoms with Crippen molar-refractivity contribution in [1.29, 1.82) is 0 Å². The zero-order chi connectivity index (χ0) is 12.1. The van der Waals surface area contributed by atoms with E-state index in [1.54, 1.807) is 14.2 Å². The van der Waals surface area contributed by atoms with Gasteiger partial charge in [-0.05, 0) is 25.6 Å². The average molecular weight is 224 g/mol. The van der Waals surface area contributed by atoms with E-state index in [1.165, 1.54) is 0 Å². The molecule has 0 amide bonds. The molecule has 0 atom stereocenters. The molecule has 0 unspecified atom stereocenters. The number of methoxy groups -OCH3 is 2. The van der Waals surface area contributed by atoms with Gasteiger partial charge in [0.25, 0.3) is 0 Å². The minimum absolute atomic E-state index is 0.753. The van der Waals surface area contributed by atoms with Crippen molar-refractivity contribution in [3.8, 4) is 11.5 Å². The predicted molar refractivity (Wildman–Crippen MR) is 66.6 cm³/mol. The summed E-state index contributed by atoms with van der Waals surface area (Å²) < 4.78 is 10.7. The molecule has 0 fully saturated rings. The monoisotopic (exact) mass is 224 g/mol. The quantitative estimate of drug-likeness (QED) is 0.771. The number of ether oxygens (including phenoxy) is 2. The largest absolute Gasteiger partial charge is 0.496 e. The molecule has 0 saturated carbocycles. The third-order valence-corrected chi connectivity index (χ3v) is 2.50. The smallest absolute Gasteiger partial charge is 0.142 e. The number of hydrogen-bond donors (Lipinski definition) is 1. The molecule has 1 rings (SSSR count). The highest BCUT2D eigenvalue weighted by Gasteiger charge is 2.11. The number of benzene rings is 1. The molecule has 0 aliphatic rings. The van der Waals surface area contributed by atoms with Crippen LogP contribution in [-0.2, 0) is 0 Å². The molecule has 4 nitrogen and oxygen atoms in total. The minimum Gasteiger partial charge on any atom is -0.496 e. The summed E-state index contributed by atoms with van der Waals surface area (Å²) in [6, 6.07) is 3.98. The SMILES string of the molecule is CNCN(C)c1cc(OC)c(C)cc1OC. The fourth-order valence-corrected chi connectivity index (χ4v) is 1.65. The summed E-state index contributed by atoms with van der Waals surface area (Å²) in [5.41, 5.74) is 2.08. The number of nitrogens with zero attached hydrogens (tertiary/aromatic N) is 1. The van der Waals surface area contributed by atoms with Gasteiger partial charge in [0.2, 0.25) is 0 Å². The lowest BCUT2D eigenvalue weighted by Gasteiger charge is -2.22. The second-order valence-corrected chi connectivity index (χ2v) is 3.70. The maximum Gasteiger partial charge on any atom is 0.142 e. The third kappa shape index (κ3) is 2.58. The molecule has 16 heavy (non-hydrogen) atoms. The lowest BCUT2D eigenvalue weighted by Crippen LogP contribution is -2.28. The highest BCUT2D eigenvalue weighted by molar-refractivity contribution is 5.63. The average Bonchev–Trinajstić information content (AvgIpc) is 2.28. The van der Waals surface area contributed by atoms with E-state index in [2.05, 4.69) is 10.2 Å². The number of nitrogens with one attached hydrogen (secondary N) is 1. The Morgan fingerprint density at radius 2 is 1.81 bits per heavy atom. The van der Waals surface area contributed by atoms with Crippen molar-refractivity contribution in [2.45, 2.75) is 6.92 Å². The molecule has 90 valence electrons. The summed E-state index contributed by atoms with van der Waals surface area (Å²) in [4.78, 5) is 2.07. The lowest BCUT2D eigenvalue weighted by molar-refractivity contribution is 0.400. The van der Waals surface area contributed by atoms with E-state index in [9.17, 15) is 0 Å². The van der Waals surface area contributed by atoms with Crippen LogP contribution in [0.1, 0.15) is 5.56 Å². The number of rotatable bonds is 5. The molecule has 1 N–H and O–H groups in total. The Hall–Kier alpha value is -1.42. The van der Waals surface area contributed by atoms with Crippen LogP contribution in [0.5, 0.6) is 11.5 Å². The third-order valence-electron chi connectivity index (χ3n) is 2.50. The molecular weight excluding hydrogens is 204 g/mol. The van der Waals surface area contributed by atoms with Gasteiger partial charge >= 0.3 is 0 Å². The zero-order valence-electron chi connectivity index (χ0n) is 10.6. The molecular formula is C12H20N2O2. The van der Waals surface area contributed by atoms with E-state index < -0.39 is 0 Å². The van der Waals surface area contributed by atoms with E-state index >= 15 is 0 Å². The first-order valence-corrected chi connectivity index (χ1v) is 5.22. The highest BCUT2D eigenvalue weighted by Crippen LogP contribution is 2.34. The summed E-state index contributed by atoms with van der Waals surface area (Å²) in [7, 11) is 7.27. The first-order valence-electron chi connectivity index (χ1n) is 5.22. The van der Waals surface area contributed by atoms with Crippen LogP contribution in [0.2, 0.25) is 0 Å². The number of aryl methyl sites for hydroxylation is 1. The summed E-state index contributed by atoms with van der Waals surface area (Å²) >= 11 is 0. The Labute approximate surface area is 97.2 Å². The van der Waals surface area contributed by atoms with Gasteiger partial charge in [0.1, 0.15) is 11.5 Å². The van der Waals surface area contributed by atoms with Crippen molar-refractivity contribution in [3.05, 3.63) is 17.7 Å². The molecule has 0 aliphatic carbocycles. The molecule has 0 saturated heterocycles. The van der Waals surface area contributed by atoms with Gasteiger partial charge in [-0.1, -0.05) is 0 Å². The lowest BCUT2D eigenvalue weighted by atomic mass is 10.1. The van der Waals surface area contributed by atoms with E-state index in [4.69, 9.17) is 9.47 Å². The first kappa shape index (κ1) is 12.6. The standard InChI is InChI=1S/C12H20N2O2/c1-9-6-12(16-5)10(7-11(9)15-4)14(3)8-13-2/h6-7,13H,8H2,1-5H3. The summed E-state index contributed by atoms with van der Waals surface area (Å²) in [6.45, 7) is 2.76. The van der Waals surface area contributed by atoms with E-state index in [1.807, 2.05) is 33.2 Å². The zero-order valence-corrected chi connectivity index (χ0v) is 10.6. The van der Waals surface area contributed by atoms with Crippen LogP contribution >= 0.6 is 0 Å². The molecule has 0 bridgehead atoms. The van der Waals surface area contributed by atoms with Gasteiger partial charge in [-0.15, -0.1) is 0 Å². The molecule has 0 aromatic heterocycles. The molecule has 0 radical (unpaired) electrons. The Bertz CT molecular complexity index is 353. The van der Waals surface area contributed by atoms with Gasteiger partial charge in [0, 0.05) is 13.1 Å². The molecule has 4 heteroatoms. The van der Waals surface area contributed by atoms with Crippen molar-refractivity contribution in [2.24, 2.45) is 0 Å². The Morgan fingerprint density at radius 3 is 2.31 bits per heavy atom. The first-order chi connectivity index (χ1) is 7.63. The van der Waals surface area contributed by atoms with Crippen molar-refractivity contribution in [3.63, 3.8) is 0 Å². The maximum atomic E-state index is 5.37. The topological polar surface area (TPSA) is 33.7 Å². The molecule has 0 heterocycles. The number of anilines is 1. The van der Waals surface area contributed by atoms with Gasteiger partial charge in [0.05, 0.1) is 26.6 Å². The second-order valence-electron chi connectivity index (χ2n) is 3.70. The van der Waals surface area contributed by atoms with Crippen molar-refractivity contribution in [1.82, 2.24) is 5.32 Å². The predicted octanol–water partition coefficient (Wildman–Crippen LogP) is 1.63. The Morgan fingerprint density at radius 1 is 1.19 bits per heavy atom. The molecule has 0 aliphatic heterocycles. The van der Waals surface area contributed by atoms with Crippen molar-refractivity contribution in [2.75, 3.05) is 39.9 Å². The normalized spacial score (nSPS) is 10.1. The van der Waals surface area contributed by atoms with Gasteiger partial charge in [-0.3, -0.25) is 0 Å². The molecule has 0 spiro atoms. The fourth-order valence-electron chi connectivity index (χ4n) is 1.65. The maximum absolute atomic E-state index is 5.37. The van der Waals surface area contributed by atoms with Gasteiger partial charge < -0.3 is 19.7 Å². The van der Waals surface area contributed by atoms with Crippen LogP contribution in [0.3, 0.4) is 0 Å². The summed E-state index contributed by atoms with van der Waals surface area (Å²) in [6.07, 6.45) is 0. The van der Waals surface area contributed by atoms with Crippen LogP contribution in [0.25, 0.3) is 0 Å². The minimum atomic E-state index is 0.753. The van der Waals surface area contributed by atoms with E-state index in [-0.39, 0.29) is 0 Å². The fraction of sp³-hybridized carbons (Fsp3) is 0.500. The van der Waals surface area contributed by atoms with Crippen LogP contribution in [-0.4, -0.2) is 35.0 Å². The van der Waals surface area contributed by atoms with Crippen molar-refractivity contribution >= 4 is 5.69 Å².